The number of nitrogens with zero attached hydrogens (tertiary/aromatic N) is 4. The normalized spacial score (nSPS) is 23.0. The van der Waals surface area contributed by atoms with Crippen LogP contribution in [0, 0.1) is 0 Å². The molecule has 9 nitrogen and oxygen atoms in total. The number of methoxy groups -OCH3 is 1. The van der Waals surface area contributed by atoms with Crippen LogP contribution in [0.3, 0.4) is 0 Å². The second-order valence-corrected chi connectivity index (χ2v) is 5.16. The van der Waals surface area contributed by atoms with E-state index >= 15 is 0 Å². The Bertz CT molecular complexity index is 557. The average molecular weight is 306 g/mol. The van der Waals surface area contributed by atoms with Gasteiger partial charge in [-0.05, 0) is 0 Å². The molecule has 3 amide bonds. The van der Waals surface area contributed by atoms with Gasteiger partial charge in [-0.25, -0.2) is 9.78 Å². The molecular weight excluding hydrogens is 288 g/mol. The summed E-state index contributed by atoms with van der Waals surface area (Å²) in [5, 5.41) is 5.01. The zero-order valence-electron chi connectivity index (χ0n) is 12.3. The second kappa shape index (κ2) is 6.14. The highest BCUT2D eigenvalue weighted by atomic mass is 16.5. The van der Waals surface area contributed by atoms with Gasteiger partial charge in [0.25, 0.3) is 0 Å². The van der Waals surface area contributed by atoms with Crippen LogP contribution in [-0.2, 0) is 4.79 Å². The lowest BCUT2D eigenvalue weighted by molar-refractivity contribution is -0.122. The van der Waals surface area contributed by atoms with Crippen LogP contribution in [0.15, 0.2) is 12.3 Å². The van der Waals surface area contributed by atoms with Crippen molar-refractivity contribution in [2.45, 2.75) is 12.6 Å². The summed E-state index contributed by atoms with van der Waals surface area (Å²) in [4.78, 5) is 35.5. The molecule has 2 aliphatic heterocycles. The first-order valence-electron chi connectivity index (χ1n) is 7.12. The molecule has 118 valence electrons. The lowest BCUT2D eigenvalue weighted by atomic mass is 10.2. The summed E-state index contributed by atoms with van der Waals surface area (Å²) in [7, 11) is 1.57. The number of urea groups is 1. The lowest BCUT2D eigenvalue weighted by Gasteiger charge is -2.40. The molecule has 0 radical (unpaired) electrons. The molecule has 2 saturated heterocycles. The molecule has 2 N–H and O–H groups in total. The van der Waals surface area contributed by atoms with E-state index in [1.165, 1.54) is 0 Å². The summed E-state index contributed by atoms with van der Waals surface area (Å²) in [6.45, 7) is 2.89. The Balaban J connectivity index is 1.60. The largest absolute Gasteiger partial charge is 0.481 e. The topological polar surface area (TPSA) is 99.7 Å². The van der Waals surface area contributed by atoms with E-state index in [9.17, 15) is 9.59 Å². The highest BCUT2D eigenvalue weighted by Crippen LogP contribution is 2.16. The molecular formula is C13H18N6O3. The number of ether oxygens (including phenoxy) is 1. The number of rotatable bonds is 3. The minimum Gasteiger partial charge on any atom is -0.481 e. The number of nitrogens with one attached hydrogen (secondary N) is 2. The Morgan fingerprint density at radius 2 is 2.05 bits per heavy atom. The molecule has 3 rings (SSSR count). The second-order valence-electron chi connectivity index (χ2n) is 5.16. The van der Waals surface area contributed by atoms with E-state index in [1.54, 1.807) is 19.4 Å². The third-order valence-electron chi connectivity index (χ3n) is 3.79. The average Bonchev–Trinajstić information content (AvgIpc) is 2.54. The predicted molar refractivity (Wildman–Crippen MR) is 77.4 cm³/mol. The van der Waals surface area contributed by atoms with Gasteiger partial charge in [0.2, 0.25) is 17.7 Å². The van der Waals surface area contributed by atoms with E-state index in [4.69, 9.17) is 4.74 Å². The van der Waals surface area contributed by atoms with Gasteiger partial charge in [-0.2, -0.15) is 4.98 Å². The van der Waals surface area contributed by atoms with Crippen LogP contribution >= 0.6 is 0 Å². The zero-order valence-corrected chi connectivity index (χ0v) is 12.3. The summed E-state index contributed by atoms with van der Waals surface area (Å²) in [5.74, 6) is 0.917. The summed E-state index contributed by atoms with van der Waals surface area (Å²) in [6, 6.07) is 1.27. The van der Waals surface area contributed by atoms with Crippen LogP contribution < -0.4 is 20.3 Å². The smallest absolute Gasteiger partial charge is 0.322 e. The zero-order chi connectivity index (χ0) is 15.5. The third-order valence-corrected chi connectivity index (χ3v) is 3.79. The van der Waals surface area contributed by atoms with Gasteiger partial charge in [-0.15, -0.1) is 0 Å². The molecule has 1 aromatic rings. The molecule has 1 aromatic heterocycles. The van der Waals surface area contributed by atoms with E-state index < -0.39 is 6.03 Å². The van der Waals surface area contributed by atoms with E-state index in [0.29, 0.717) is 11.8 Å². The highest BCUT2D eigenvalue weighted by Gasteiger charge is 2.31. The van der Waals surface area contributed by atoms with Crippen LogP contribution in [0.1, 0.15) is 6.42 Å². The van der Waals surface area contributed by atoms with Gasteiger partial charge in [0, 0.05) is 38.4 Å². The Kier molecular flexibility index (Phi) is 4.05. The van der Waals surface area contributed by atoms with Crippen LogP contribution in [0.4, 0.5) is 10.7 Å². The first kappa shape index (κ1) is 14.5. The number of aromatic nitrogens is 2. The summed E-state index contributed by atoms with van der Waals surface area (Å²) < 4.78 is 5.11. The quantitative estimate of drug-likeness (QED) is 0.751. The van der Waals surface area contributed by atoms with E-state index in [-0.39, 0.29) is 18.5 Å². The molecule has 0 aromatic carbocycles. The number of amides is 3. The molecule has 1 atom stereocenters. The fourth-order valence-electron chi connectivity index (χ4n) is 2.64. The van der Waals surface area contributed by atoms with Crippen molar-refractivity contribution in [2.75, 3.05) is 38.2 Å². The maximum Gasteiger partial charge on any atom is 0.322 e. The van der Waals surface area contributed by atoms with E-state index in [2.05, 4.69) is 30.4 Å². The maximum absolute atomic E-state index is 11.4. The fraction of sp³-hybridized carbons (Fsp3) is 0.538. The molecule has 2 fully saturated rings. The van der Waals surface area contributed by atoms with Gasteiger partial charge in [-0.1, -0.05) is 0 Å². The van der Waals surface area contributed by atoms with Crippen LogP contribution in [0.25, 0.3) is 0 Å². The van der Waals surface area contributed by atoms with Crippen molar-refractivity contribution >= 4 is 17.9 Å². The molecule has 22 heavy (non-hydrogen) atoms. The molecule has 2 aliphatic rings. The summed E-state index contributed by atoms with van der Waals surface area (Å²) in [6.07, 6.45) is 1.70. The monoisotopic (exact) mass is 306 g/mol. The van der Waals surface area contributed by atoms with Crippen molar-refractivity contribution in [3.05, 3.63) is 12.3 Å². The lowest BCUT2D eigenvalue weighted by Crippen LogP contribution is -2.62. The number of imide groups is 1. The number of hydrogen-bond acceptors (Lipinski definition) is 7. The van der Waals surface area contributed by atoms with Crippen molar-refractivity contribution in [1.29, 1.82) is 0 Å². The molecule has 3 heterocycles. The van der Waals surface area contributed by atoms with E-state index in [1.807, 2.05) is 0 Å². The van der Waals surface area contributed by atoms with Crippen molar-refractivity contribution in [3.8, 4) is 5.88 Å². The predicted octanol–water partition coefficient (Wildman–Crippen LogP) is -0.837. The molecule has 0 aliphatic carbocycles. The SMILES string of the molecule is COc1ccnc(N2CCN(C3CC(=O)NC(=O)N3)CC2)n1. The van der Waals surface area contributed by atoms with Gasteiger partial charge < -0.3 is 15.0 Å². The van der Waals surface area contributed by atoms with Crippen molar-refractivity contribution in [3.63, 3.8) is 0 Å². The van der Waals surface area contributed by atoms with Crippen molar-refractivity contribution in [1.82, 2.24) is 25.5 Å². The number of anilines is 1. The van der Waals surface area contributed by atoms with Crippen LogP contribution in [-0.4, -0.2) is 66.3 Å². The van der Waals surface area contributed by atoms with Gasteiger partial charge in [0.1, 0.15) is 0 Å². The Morgan fingerprint density at radius 1 is 1.27 bits per heavy atom. The number of hydrogen-bond donors (Lipinski definition) is 2. The minimum absolute atomic E-state index is 0.241. The third kappa shape index (κ3) is 3.08. The molecule has 0 bridgehead atoms. The summed E-state index contributed by atoms with van der Waals surface area (Å²) in [5.41, 5.74) is 0. The molecule has 9 heteroatoms. The number of carbonyl (C=O) groups excluding carboxylic acids is 2. The number of piperazine rings is 1. The van der Waals surface area contributed by atoms with Gasteiger partial charge >= 0.3 is 6.03 Å². The van der Waals surface area contributed by atoms with Gasteiger partial charge in [0.15, 0.2) is 0 Å². The van der Waals surface area contributed by atoms with Gasteiger partial charge in [0.05, 0.1) is 19.7 Å². The minimum atomic E-state index is -0.431. The standard InChI is InChI=1S/C13H18N6O3/c1-22-11-2-3-14-12(17-11)19-6-4-18(5-7-19)9-8-10(20)16-13(21)15-9/h2-3,9H,4-8H2,1H3,(H2,15,16,20,21). The number of carbonyl (C=O) groups is 2. The first-order valence-corrected chi connectivity index (χ1v) is 7.12. The summed E-state index contributed by atoms with van der Waals surface area (Å²) >= 11 is 0. The Hall–Kier alpha value is -2.42. The maximum atomic E-state index is 11.4. The van der Waals surface area contributed by atoms with Crippen LogP contribution in [0.2, 0.25) is 0 Å². The first-order chi connectivity index (χ1) is 10.7. The Labute approximate surface area is 127 Å². The van der Waals surface area contributed by atoms with E-state index in [0.717, 1.165) is 26.2 Å². The van der Waals surface area contributed by atoms with Crippen LogP contribution in [0.5, 0.6) is 5.88 Å². The highest BCUT2D eigenvalue weighted by molar-refractivity contribution is 5.97. The van der Waals surface area contributed by atoms with Crippen molar-refractivity contribution < 1.29 is 14.3 Å². The van der Waals surface area contributed by atoms with Gasteiger partial charge in [-0.3, -0.25) is 15.0 Å². The fourth-order valence-corrected chi connectivity index (χ4v) is 2.64. The molecule has 1 unspecified atom stereocenters. The molecule has 0 saturated carbocycles. The molecule has 0 spiro atoms. The Morgan fingerprint density at radius 3 is 2.73 bits per heavy atom. The van der Waals surface area contributed by atoms with Crippen molar-refractivity contribution in [2.24, 2.45) is 0 Å².